The summed E-state index contributed by atoms with van der Waals surface area (Å²) < 4.78 is 25.2. The number of thiazole rings is 1. The van der Waals surface area contributed by atoms with Crippen LogP contribution < -0.4 is 4.72 Å². The van der Waals surface area contributed by atoms with Crippen LogP contribution in [0.3, 0.4) is 0 Å². The molecule has 1 aliphatic heterocycles. The first kappa shape index (κ1) is 17.5. The maximum atomic E-state index is 12.8. The second-order valence-corrected chi connectivity index (χ2v) is 9.29. The lowest BCUT2D eigenvalue weighted by Gasteiger charge is -2.35. The van der Waals surface area contributed by atoms with Gasteiger partial charge < -0.3 is 4.90 Å². The van der Waals surface area contributed by atoms with Gasteiger partial charge in [0.15, 0.2) is 0 Å². The fourth-order valence-electron chi connectivity index (χ4n) is 2.77. The van der Waals surface area contributed by atoms with Crippen molar-refractivity contribution in [3.8, 4) is 10.6 Å². The van der Waals surface area contributed by atoms with Crippen molar-refractivity contribution in [2.75, 3.05) is 19.3 Å². The van der Waals surface area contributed by atoms with Crippen LogP contribution in [-0.2, 0) is 10.0 Å². The quantitative estimate of drug-likeness (QED) is 0.857. The van der Waals surface area contributed by atoms with Crippen LogP contribution in [0.4, 0.5) is 0 Å². The Balaban J connectivity index is 1.74. The van der Waals surface area contributed by atoms with Crippen LogP contribution in [0.25, 0.3) is 10.6 Å². The van der Waals surface area contributed by atoms with Gasteiger partial charge in [0.2, 0.25) is 10.0 Å². The van der Waals surface area contributed by atoms with E-state index in [9.17, 15) is 13.2 Å². The highest BCUT2D eigenvalue weighted by Crippen LogP contribution is 2.27. The number of nitrogens with zero attached hydrogens (tertiary/aromatic N) is 2. The average molecular weight is 386 g/mol. The van der Waals surface area contributed by atoms with E-state index in [0.29, 0.717) is 12.2 Å². The van der Waals surface area contributed by atoms with E-state index in [1.54, 1.807) is 21.6 Å². The Bertz CT molecular complexity index is 799. The molecular weight excluding hydrogens is 366 g/mol. The maximum Gasteiger partial charge on any atom is 0.273 e. The zero-order valence-corrected chi connectivity index (χ0v) is 15.7. The number of amides is 1. The van der Waals surface area contributed by atoms with Gasteiger partial charge in [0.1, 0.15) is 10.7 Å². The number of aromatic nitrogens is 1. The van der Waals surface area contributed by atoms with Gasteiger partial charge in [-0.2, -0.15) is 11.3 Å². The summed E-state index contributed by atoms with van der Waals surface area (Å²) in [6.07, 6.45) is 3.87. The molecule has 0 aromatic carbocycles. The van der Waals surface area contributed by atoms with Crippen LogP contribution in [0.1, 0.15) is 29.8 Å². The molecule has 0 unspecified atom stereocenters. The van der Waals surface area contributed by atoms with E-state index in [4.69, 9.17) is 0 Å². The van der Waals surface area contributed by atoms with Crippen LogP contribution in [0.15, 0.2) is 22.2 Å². The third-order valence-corrected chi connectivity index (χ3v) is 6.23. The summed E-state index contributed by atoms with van der Waals surface area (Å²) in [5, 5.41) is 6.61. The third kappa shape index (κ3) is 4.21. The summed E-state index contributed by atoms with van der Waals surface area (Å²) in [4.78, 5) is 19.0. The number of thiophene rings is 1. The zero-order chi connectivity index (χ0) is 17.2. The van der Waals surface area contributed by atoms with E-state index in [1.165, 1.54) is 11.3 Å². The summed E-state index contributed by atoms with van der Waals surface area (Å²) in [5.41, 5.74) is 1.46. The van der Waals surface area contributed by atoms with Gasteiger partial charge in [0.05, 0.1) is 6.26 Å². The lowest BCUT2D eigenvalue weighted by Crippen LogP contribution is -2.49. The van der Waals surface area contributed by atoms with Gasteiger partial charge in [-0.3, -0.25) is 4.79 Å². The highest BCUT2D eigenvalue weighted by atomic mass is 32.2. The second kappa shape index (κ2) is 7.30. The van der Waals surface area contributed by atoms with Crippen molar-refractivity contribution in [1.82, 2.24) is 14.6 Å². The smallest absolute Gasteiger partial charge is 0.273 e. The number of carbonyl (C=O) groups excluding carboxylic acids is 1. The van der Waals surface area contributed by atoms with Crippen molar-refractivity contribution < 1.29 is 13.2 Å². The number of sulfonamides is 1. The Morgan fingerprint density at radius 3 is 2.96 bits per heavy atom. The number of hydrogen-bond acceptors (Lipinski definition) is 6. The molecule has 24 heavy (non-hydrogen) atoms. The normalized spacial score (nSPS) is 18.7. The van der Waals surface area contributed by atoms with Gasteiger partial charge in [0, 0.05) is 35.5 Å². The van der Waals surface area contributed by atoms with Crippen LogP contribution in [0, 0.1) is 0 Å². The number of hydrogen-bond donors (Lipinski definition) is 1. The Kier molecular flexibility index (Phi) is 5.33. The zero-order valence-electron chi connectivity index (χ0n) is 13.3. The van der Waals surface area contributed by atoms with Crippen molar-refractivity contribution in [3.05, 3.63) is 27.9 Å². The fourth-order valence-corrected chi connectivity index (χ4v) is 4.77. The van der Waals surface area contributed by atoms with Gasteiger partial charge in [0.25, 0.3) is 5.91 Å². The van der Waals surface area contributed by atoms with E-state index in [1.807, 2.05) is 16.8 Å². The molecule has 0 radical (unpaired) electrons. The van der Waals surface area contributed by atoms with E-state index < -0.39 is 10.0 Å². The van der Waals surface area contributed by atoms with Crippen molar-refractivity contribution in [2.24, 2.45) is 0 Å². The molecule has 0 aliphatic carbocycles. The third-order valence-electron chi connectivity index (χ3n) is 3.96. The van der Waals surface area contributed by atoms with Gasteiger partial charge in [-0.1, -0.05) is 0 Å². The SMILES string of the molecule is CS(=O)(=O)NC[C@H]1CCCCN1C(=O)c1csc(-c2ccsc2)n1. The monoisotopic (exact) mass is 385 g/mol. The van der Waals surface area contributed by atoms with Gasteiger partial charge in [-0.05, 0) is 30.7 Å². The number of carbonyl (C=O) groups is 1. The first-order valence-corrected chi connectivity index (χ1v) is 11.4. The minimum atomic E-state index is -3.26. The largest absolute Gasteiger partial charge is 0.333 e. The molecule has 1 N–H and O–H groups in total. The first-order chi connectivity index (χ1) is 11.4. The summed E-state index contributed by atoms with van der Waals surface area (Å²) in [5.74, 6) is -0.118. The second-order valence-electron chi connectivity index (χ2n) is 5.82. The Labute approximate surface area is 149 Å². The van der Waals surface area contributed by atoms with Crippen LogP contribution >= 0.6 is 22.7 Å². The maximum absolute atomic E-state index is 12.8. The predicted octanol–water partition coefficient (Wildman–Crippen LogP) is 2.42. The van der Waals surface area contributed by atoms with E-state index >= 15 is 0 Å². The lowest BCUT2D eigenvalue weighted by atomic mass is 10.0. The molecule has 1 aliphatic rings. The average Bonchev–Trinajstić information content (AvgIpc) is 3.22. The standard InChI is InChI=1S/C15H19N3O3S3/c1-24(20,21)16-8-12-4-2-3-6-18(12)15(19)13-10-23-14(17-13)11-5-7-22-9-11/h5,7,9-10,12,16H,2-4,6,8H2,1H3/t12-/m1/s1. The summed E-state index contributed by atoms with van der Waals surface area (Å²) in [6, 6.07) is 1.87. The minimum Gasteiger partial charge on any atom is -0.333 e. The molecule has 0 bridgehead atoms. The number of nitrogens with one attached hydrogen (secondary N) is 1. The summed E-state index contributed by atoms with van der Waals surface area (Å²) in [7, 11) is -3.26. The molecule has 3 rings (SSSR count). The van der Waals surface area contributed by atoms with Gasteiger partial charge >= 0.3 is 0 Å². The number of rotatable bonds is 5. The van der Waals surface area contributed by atoms with Crippen LogP contribution in [0.5, 0.6) is 0 Å². The summed E-state index contributed by atoms with van der Waals surface area (Å²) >= 11 is 3.05. The highest BCUT2D eigenvalue weighted by molar-refractivity contribution is 7.88. The Hall–Kier alpha value is -1.29. The molecule has 2 aromatic rings. The van der Waals surface area contributed by atoms with E-state index in [2.05, 4.69) is 9.71 Å². The van der Waals surface area contributed by atoms with Crippen molar-refractivity contribution >= 4 is 38.6 Å². The molecule has 1 atom stereocenters. The van der Waals surface area contributed by atoms with Gasteiger partial charge in [-0.25, -0.2) is 18.1 Å². The molecule has 0 spiro atoms. The number of likely N-dealkylation sites (tertiary alicyclic amines) is 1. The Morgan fingerprint density at radius 2 is 2.25 bits per heavy atom. The van der Waals surface area contributed by atoms with Crippen molar-refractivity contribution in [2.45, 2.75) is 25.3 Å². The molecule has 6 nitrogen and oxygen atoms in total. The predicted molar refractivity (Wildman–Crippen MR) is 96.9 cm³/mol. The van der Waals surface area contributed by atoms with E-state index in [-0.39, 0.29) is 18.5 Å². The molecule has 2 aromatic heterocycles. The molecule has 0 saturated carbocycles. The molecule has 1 fully saturated rings. The first-order valence-electron chi connectivity index (χ1n) is 7.68. The summed E-state index contributed by atoms with van der Waals surface area (Å²) in [6.45, 7) is 0.895. The van der Waals surface area contributed by atoms with Gasteiger partial charge in [-0.15, -0.1) is 11.3 Å². The molecule has 130 valence electrons. The molecular formula is C15H19N3O3S3. The topological polar surface area (TPSA) is 79.4 Å². The molecule has 3 heterocycles. The van der Waals surface area contributed by atoms with Crippen LogP contribution in [-0.4, -0.2) is 49.6 Å². The highest BCUT2D eigenvalue weighted by Gasteiger charge is 2.29. The van der Waals surface area contributed by atoms with Crippen LogP contribution in [0.2, 0.25) is 0 Å². The minimum absolute atomic E-state index is 0.118. The lowest BCUT2D eigenvalue weighted by molar-refractivity contribution is 0.0613. The number of piperidine rings is 1. The Morgan fingerprint density at radius 1 is 1.42 bits per heavy atom. The fraction of sp³-hybridized carbons (Fsp3) is 0.467. The molecule has 1 amide bonds. The van der Waals surface area contributed by atoms with Crippen molar-refractivity contribution in [3.63, 3.8) is 0 Å². The van der Waals surface area contributed by atoms with E-state index in [0.717, 1.165) is 36.1 Å². The van der Waals surface area contributed by atoms with Crippen molar-refractivity contribution in [1.29, 1.82) is 0 Å². The molecule has 9 heteroatoms. The molecule has 1 saturated heterocycles.